The van der Waals surface area contributed by atoms with E-state index in [-0.39, 0.29) is 11.4 Å². The average Bonchev–Trinajstić information content (AvgIpc) is 2.99. The molecule has 3 nitrogen and oxygen atoms in total. The number of alkyl halides is 1. The summed E-state index contributed by atoms with van der Waals surface area (Å²) in [6.07, 6.45) is 1.71. The molecule has 2 heterocycles. The smallest absolute Gasteiger partial charge is 0.153 e. The second kappa shape index (κ2) is 4.86. The van der Waals surface area contributed by atoms with Crippen molar-refractivity contribution in [1.29, 1.82) is 0 Å². The van der Waals surface area contributed by atoms with E-state index >= 15 is 0 Å². The quantitative estimate of drug-likeness (QED) is 0.692. The molecule has 0 atom stereocenters. The zero-order valence-corrected chi connectivity index (χ0v) is 11.2. The number of halogens is 3. The molecule has 98 valence electrons. The molecule has 0 fully saturated rings. The van der Waals surface area contributed by atoms with Crippen LogP contribution in [-0.4, -0.2) is 14.5 Å². The van der Waals surface area contributed by atoms with Crippen LogP contribution in [0.2, 0.25) is 0 Å². The van der Waals surface area contributed by atoms with Gasteiger partial charge < -0.3 is 4.57 Å². The second-order valence-electron chi connectivity index (χ2n) is 3.97. The molecule has 0 aliphatic heterocycles. The van der Waals surface area contributed by atoms with Gasteiger partial charge in [0.2, 0.25) is 0 Å². The lowest BCUT2D eigenvalue weighted by Crippen LogP contribution is -2.02. The van der Waals surface area contributed by atoms with Crippen LogP contribution in [0.15, 0.2) is 23.8 Å². The van der Waals surface area contributed by atoms with Gasteiger partial charge in [-0.15, -0.1) is 22.9 Å². The maximum absolute atomic E-state index is 13.7. The second-order valence-corrected chi connectivity index (χ2v) is 5.21. The van der Waals surface area contributed by atoms with Gasteiger partial charge in [0.05, 0.1) is 23.5 Å². The summed E-state index contributed by atoms with van der Waals surface area (Å²) in [4.78, 5) is 9.07. The lowest BCUT2D eigenvalue weighted by Gasteiger charge is -2.05. The molecule has 2 aromatic heterocycles. The topological polar surface area (TPSA) is 30.7 Å². The van der Waals surface area contributed by atoms with E-state index in [1.807, 2.05) is 0 Å². The summed E-state index contributed by atoms with van der Waals surface area (Å²) in [6.45, 7) is 0.451. The highest BCUT2D eigenvalue weighted by atomic mass is 35.5. The first-order valence-corrected chi connectivity index (χ1v) is 6.88. The van der Waals surface area contributed by atoms with Gasteiger partial charge >= 0.3 is 0 Å². The molecule has 7 heteroatoms. The third-order valence-corrected chi connectivity index (χ3v) is 3.77. The number of imidazole rings is 1. The standard InChI is InChI=1S/C12H8ClF2N3S/c13-3-11-17-12-9(15)1-7(14)2-10(12)18(11)5-8-4-16-6-19-8/h1-2,4,6H,3,5H2. The number of thiazole rings is 1. The first kappa shape index (κ1) is 12.5. The Bertz CT molecular complexity index is 724. The van der Waals surface area contributed by atoms with Crippen LogP contribution in [0, 0.1) is 11.6 Å². The predicted molar refractivity (Wildman–Crippen MR) is 70.4 cm³/mol. The zero-order valence-electron chi connectivity index (χ0n) is 9.61. The molecule has 0 N–H and O–H groups in total. The van der Waals surface area contributed by atoms with Crippen molar-refractivity contribution in [2.45, 2.75) is 12.4 Å². The van der Waals surface area contributed by atoms with E-state index < -0.39 is 11.6 Å². The van der Waals surface area contributed by atoms with Crippen molar-refractivity contribution in [2.75, 3.05) is 0 Å². The Balaban J connectivity index is 2.20. The molecule has 0 saturated heterocycles. The van der Waals surface area contributed by atoms with Crippen molar-refractivity contribution in [3.8, 4) is 0 Å². The molecule has 0 spiro atoms. The molecule has 0 aliphatic rings. The largest absolute Gasteiger partial charge is 0.321 e. The first-order chi connectivity index (χ1) is 9.19. The summed E-state index contributed by atoms with van der Waals surface area (Å²) in [5.41, 5.74) is 2.25. The number of rotatable bonds is 3. The van der Waals surface area contributed by atoms with Gasteiger partial charge in [-0.2, -0.15) is 0 Å². The number of fused-ring (bicyclic) bond motifs is 1. The highest BCUT2D eigenvalue weighted by molar-refractivity contribution is 7.09. The van der Waals surface area contributed by atoms with Gasteiger partial charge in [-0.25, -0.2) is 13.8 Å². The highest BCUT2D eigenvalue weighted by Gasteiger charge is 2.15. The van der Waals surface area contributed by atoms with Crippen molar-refractivity contribution in [1.82, 2.24) is 14.5 Å². The van der Waals surface area contributed by atoms with E-state index in [9.17, 15) is 8.78 Å². The highest BCUT2D eigenvalue weighted by Crippen LogP contribution is 2.23. The normalized spacial score (nSPS) is 11.3. The molecule has 0 unspecified atom stereocenters. The third kappa shape index (κ3) is 2.21. The predicted octanol–water partition coefficient (Wildman–Crippen LogP) is 3.56. The molecule has 0 amide bonds. The van der Waals surface area contributed by atoms with E-state index in [0.717, 1.165) is 10.9 Å². The molecule has 3 rings (SSSR count). The fourth-order valence-corrected chi connectivity index (χ4v) is 2.74. The average molecular weight is 300 g/mol. The van der Waals surface area contributed by atoms with Crippen molar-refractivity contribution in [3.05, 3.63) is 46.2 Å². The van der Waals surface area contributed by atoms with Crippen LogP contribution in [0.1, 0.15) is 10.7 Å². The number of aromatic nitrogens is 3. The van der Waals surface area contributed by atoms with E-state index in [1.54, 1.807) is 16.3 Å². The number of nitrogens with zero attached hydrogens (tertiary/aromatic N) is 3. The molecule has 0 radical (unpaired) electrons. The van der Waals surface area contributed by atoms with Gasteiger partial charge in [0.25, 0.3) is 0 Å². The minimum Gasteiger partial charge on any atom is -0.321 e. The monoisotopic (exact) mass is 299 g/mol. The van der Waals surface area contributed by atoms with Gasteiger partial charge in [-0.1, -0.05) is 0 Å². The molecule has 3 aromatic rings. The van der Waals surface area contributed by atoms with E-state index in [2.05, 4.69) is 9.97 Å². The molecule has 0 bridgehead atoms. The molecule has 0 aliphatic carbocycles. The Hall–Kier alpha value is -1.53. The lowest BCUT2D eigenvalue weighted by molar-refractivity contribution is 0.590. The molecular formula is C12H8ClF2N3S. The van der Waals surface area contributed by atoms with Crippen LogP contribution >= 0.6 is 22.9 Å². The first-order valence-electron chi connectivity index (χ1n) is 5.46. The van der Waals surface area contributed by atoms with Crippen LogP contribution in [0.3, 0.4) is 0 Å². The summed E-state index contributed by atoms with van der Waals surface area (Å²) < 4.78 is 28.7. The van der Waals surface area contributed by atoms with Gasteiger partial charge in [-0.05, 0) is 6.07 Å². The number of benzene rings is 1. The fraction of sp³-hybridized carbons (Fsp3) is 0.167. The Labute approximate surface area is 116 Å². The summed E-state index contributed by atoms with van der Waals surface area (Å²) >= 11 is 7.29. The van der Waals surface area contributed by atoms with Crippen molar-refractivity contribution in [3.63, 3.8) is 0 Å². The Morgan fingerprint density at radius 2 is 2.16 bits per heavy atom. The maximum atomic E-state index is 13.7. The summed E-state index contributed by atoms with van der Waals surface area (Å²) in [5.74, 6) is -0.662. The van der Waals surface area contributed by atoms with Crippen molar-refractivity contribution >= 4 is 34.0 Å². The van der Waals surface area contributed by atoms with E-state index in [4.69, 9.17) is 11.6 Å². The van der Waals surface area contributed by atoms with E-state index in [1.165, 1.54) is 17.4 Å². The maximum Gasteiger partial charge on any atom is 0.153 e. The van der Waals surface area contributed by atoms with Gasteiger partial charge in [0.15, 0.2) is 5.82 Å². The Kier molecular flexibility index (Phi) is 3.20. The van der Waals surface area contributed by atoms with Crippen LogP contribution < -0.4 is 0 Å². The van der Waals surface area contributed by atoms with Crippen LogP contribution in [-0.2, 0) is 12.4 Å². The van der Waals surface area contributed by atoms with Crippen molar-refractivity contribution in [2.24, 2.45) is 0 Å². The molecular weight excluding hydrogens is 292 g/mol. The summed E-state index contributed by atoms with van der Waals surface area (Å²) in [6, 6.07) is 2.09. The van der Waals surface area contributed by atoms with Crippen LogP contribution in [0.25, 0.3) is 11.0 Å². The third-order valence-electron chi connectivity index (χ3n) is 2.77. The zero-order chi connectivity index (χ0) is 13.4. The molecule has 19 heavy (non-hydrogen) atoms. The number of hydrogen-bond acceptors (Lipinski definition) is 3. The minimum absolute atomic E-state index is 0.133. The van der Waals surface area contributed by atoms with E-state index in [0.29, 0.717) is 17.9 Å². The Morgan fingerprint density at radius 1 is 1.32 bits per heavy atom. The Morgan fingerprint density at radius 3 is 2.84 bits per heavy atom. The van der Waals surface area contributed by atoms with Gasteiger partial charge in [0, 0.05) is 17.1 Å². The van der Waals surface area contributed by atoms with Gasteiger partial charge in [0.1, 0.15) is 17.2 Å². The fourth-order valence-electron chi connectivity index (χ4n) is 1.95. The molecule has 0 saturated carbocycles. The SMILES string of the molecule is Fc1cc(F)c2nc(CCl)n(Cc3cncs3)c2c1. The summed E-state index contributed by atoms with van der Waals surface area (Å²) in [7, 11) is 0. The van der Waals surface area contributed by atoms with Crippen LogP contribution in [0.5, 0.6) is 0 Å². The van der Waals surface area contributed by atoms with Gasteiger partial charge in [-0.3, -0.25) is 4.98 Å². The summed E-state index contributed by atoms with van der Waals surface area (Å²) in [5, 5.41) is 0. The van der Waals surface area contributed by atoms with Crippen LogP contribution in [0.4, 0.5) is 8.78 Å². The number of hydrogen-bond donors (Lipinski definition) is 0. The minimum atomic E-state index is -0.676. The van der Waals surface area contributed by atoms with Crippen molar-refractivity contribution < 1.29 is 8.78 Å². The lowest BCUT2D eigenvalue weighted by atomic mass is 10.3. The molecule has 1 aromatic carbocycles.